The van der Waals surface area contributed by atoms with E-state index in [0.29, 0.717) is 22.3 Å². The molecule has 0 bridgehead atoms. The summed E-state index contributed by atoms with van der Waals surface area (Å²) in [4.78, 5) is 14.0. The summed E-state index contributed by atoms with van der Waals surface area (Å²) in [5.74, 6) is -0.0750. The van der Waals surface area contributed by atoms with Gasteiger partial charge in [0, 0.05) is 12.2 Å². The van der Waals surface area contributed by atoms with Crippen molar-refractivity contribution in [2.45, 2.75) is 6.42 Å². The van der Waals surface area contributed by atoms with Crippen LogP contribution >= 0.6 is 23.2 Å². The number of nitrogens with one attached hydrogen (secondary N) is 1. The molecule has 1 amide bonds. The molecule has 1 N–H and O–H groups in total. The number of anilines is 1. The summed E-state index contributed by atoms with van der Waals surface area (Å²) in [5, 5.41) is 3.71. The number of halogens is 2. The molecule has 0 radical (unpaired) electrons. The van der Waals surface area contributed by atoms with Gasteiger partial charge in [-0.1, -0.05) is 53.5 Å². The minimum Gasteiger partial charge on any atom is -0.325 e. The molecule has 3 nitrogen and oxygen atoms in total. The summed E-state index contributed by atoms with van der Waals surface area (Å²) in [6.07, 6.45) is 0.914. The van der Waals surface area contributed by atoms with E-state index in [4.69, 9.17) is 23.2 Å². The van der Waals surface area contributed by atoms with E-state index in [0.717, 1.165) is 13.0 Å². The highest BCUT2D eigenvalue weighted by Crippen LogP contribution is 2.24. The van der Waals surface area contributed by atoms with Crippen LogP contribution in [0.1, 0.15) is 5.56 Å². The number of carbonyl (C=O) groups is 1. The molecule has 0 spiro atoms. The van der Waals surface area contributed by atoms with E-state index in [1.54, 1.807) is 18.2 Å². The lowest BCUT2D eigenvalue weighted by molar-refractivity contribution is -0.117. The molecule has 2 aromatic rings. The van der Waals surface area contributed by atoms with Gasteiger partial charge in [0.25, 0.3) is 0 Å². The maximum Gasteiger partial charge on any atom is 0.238 e. The molecular formula is C17H18Cl2N2O. The largest absolute Gasteiger partial charge is 0.325 e. The first kappa shape index (κ1) is 16.8. The van der Waals surface area contributed by atoms with E-state index >= 15 is 0 Å². The normalized spacial score (nSPS) is 10.7. The summed E-state index contributed by atoms with van der Waals surface area (Å²) in [6.45, 7) is 1.14. The molecule has 2 rings (SSSR count). The number of hydrogen-bond donors (Lipinski definition) is 1. The number of amides is 1. The van der Waals surface area contributed by atoms with Gasteiger partial charge in [0.05, 0.1) is 16.6 Å². The highest BCUT2D eigenvalue weighted by Gasteiger charge is 2.08. The average Bonchev–Trinajstić information content (AvgIpc) is 2.50. The highest BCUT2D eigenvalue weighted by molar-refractivity contribution is 6.42. The van der Waals surface area contributed by atoms with Crippen molar-refractivity contribution in [3.05, 3.63) is 64.1 Å². The van der Waals surface area contributed by atoms with Crippen molar-refractivity contribution >= 4 is 34.8 Å². The third kappa shape index (κ3) is 5.34. The van der Waals surface area contributed by atoms with Gasteiger partial charge in [-0.2, -0.15) is 0 Å². The first-order valence-electron chi connectivity index (χ1n) is 7.02. The first-order chi connectivity index (χ1) is 10.5. The van der Waals surface area contributed by atoms with Crippen LogP contribution in [0, 0.1) is 0 Å². The smallest absolute Gasteiger partial charge is 0.238 e. The Morgan fingerprint density at radius 3 is 2.50 bits per heavy atom. The molecule has 0 atom stereocenters. The van der Waals surface area contributed by atoms with Crippen molar-refractivity contribution in [2.24, 2.45) is 0 Å². The molecule has 0 aliphatic heterocycles. The Morgan fingerprint density at radius 1 is 1.09 bits per heavy atom. The fraction of sp³-hybridized carbons (Fsp3) is 0.235. The highest BCUT2D eigenvalue weighted by atomic mass is 35.5. The van der Waals surface area contributed by atoms with Gasteiger partial charge in [0.15, 0.2) is 0 Å². The van der Waals surface area contributed by atoms with Crippen molar-refractivity contribution in [3.63, 3.8) is 0 Å². The predicted octanol–water partition coefficient (Wildman–Crippen LogP) is 4.11. The monoisotopic (exact) mass is 336 g/mol. The second-order valence-electron chi connectivity index (χ2n) is 5.15. The summed E-state index contributed by atoms with van der Waals surface area (Å²) >= 11 is 11.8. The zero-order valence-electron chi connectivity index (χ0n) is 12.4. The summed E-state index contributed by atoms with van der Waals surface area (Å²) in [5.41, 5.74) is 1.91. The lowest BCUT2D eigenvalue weighted by Gasteiger charge is -2.16. The molecule has 0 saturated carbocycles. The molecule has 5 heteroatoms. The Balaban J connectivity index is 1.79. The Bertz CT molecular complexity index is 632. The van der Waals surface area contributed by atoms with Gasteiger partial charge in [-0.15, -0.1) is 0 Å². The summed E-state index contributed by atoms with van der Waals surface area (Å²) < 4.78 is 0. The van der Waals surface area contributed by atoms with Crippen LogP contribution in [-0.4, -0.2) is 30.9 Å². The molecule has 0 aliphatic rings. The summed E-state index contributed by atoms with van der Waals surface area (Å²) in [6, 6.07) is 15.3. The van der Waals surface area contributed by atoms with E-state index in [9.17, 15) is 4.79 Å². The van der Waals surface area contributed by atoms with Crippen molar-refractivity contribution in [3.8, 4) is 0 Å². The Morgan fingerprint density at radius 2 is 1.82 bits per heavy atom. The van der Waals surface area contributed by atoms with E-state index < -0.39 is 0 Å². The lowest BCUT2D eigenvalue weighted by atomic mass is 10.1. The Kier molecular flexibility index (Phi) is 6.25. The molecule has 116 valence electrons. The number of rotatable bonds is 6. The lowest BCUT2D eigenvalue weighted by Crippen LogP contribution is -2.31. The van der Waals surface area contributed by atoms with Crippen LogP contribution < -0.4 is 5.32 Å². The van der Waals surface area contributed by atoms with Crippen LogP contribution in [0.5, 0.6) is 0 Å². The van der Waals surface area contributed by atoms with E-state index in [2.05, 4.69) is 17.4 Å². The Labute approximate surface area is 140 Å². The van der Waals surface area contributed by atoms with Crippen molar-refractivity contribution in [1.82, 2.24) is 4.90 Å². The molecule has 0 unspecified atom stereocenters. The van der Waals surface area contributed by atoms with Crippen molar-refractivity contribution in [2.75, 3.05) is 25.5 Å². The molecule has 0 heterocycles. The zero-order valence-corrected chi connectivity index (χ0v) is 13.9. The van der Waals surface area contributed by atoms with Crippen LogP contribution in [0.3, 0.4) is 0 Å². The molecule has 22 heavy (non-hydrogen) atoms. The topological polar surface area (TPSA) is 32.3 Å². The van der Waals surface area contributed by atoms with Gasteiger partial charge in [-0.25, -0.2) is 0 Å². The predicted molar refractivity (Wildman–Crippen MR) is 92.7 cm³/mol. The molecule has 0 aliphatic carbocycles. The summed E-state index contributed by atoms with van der Waals surface area (Å²) in [7, 11) is 1.93. The minimum atomic E-state index is -0.0750. The second kappa shape index (κ2) is 8.18. The van der Waals surface area contributed by atoms with Crippen LogP contribution in [0.15, 0.2) is 48.5 Å². The van der Waals surface area contributed by atoms with Gasteiger partial charge in [-0.3, -0.25) is 9.69 Å². The van der Waals surface area contributed by atoms with Crippen LogP contribution in [0.2, 0.25) is 10.0 Å². The number of likely N-dealkylation sites (N-methyl/N-ethyl adjacent to an activating group) is 1. The van der Waals surface area contributed by atoms with Gasteiger partial charge < -0.3 is 5.32 Å². The maximum absolute atomic E-state index is 12.0. The molecule has 0 saturated heterocycles. The fourth-order valence-corrected chi connectivity index (χ4v) is 2.36. The standard InChI is InChI=1S/C17H18Cl2N2O/c1-21(10-9-13-5-3-2-4-6-13)12-17(22)20-14-7-8-15(18)16(19)11-14/h2-8,11H,9-10,12H2,1H3,(H,20,22). The number of hydrogen-bond acceptors (Lipinski definition) is 2. The van der Waals surface area contributed by atoms with Crippen molar-refractivity contribution < 1.29 is 4.79 Å². The van der Waals surface area contributed by atoms with Crippen molar-refractivity contribution in [1.29, 1.82) is 0 Å². The van der Waals surface area contributed by atoms with Gasteiger partial charge in [0.2, 0.25) is 5.91 Å². The number of nitrogens with zero attached hydrogens (tertiary/aromatic N) is 1. The van der Waals surface area contributed by atoms with E-state index in [-0.39, 0.29) is 5.91 Å². The number of benzene rings is 2. The molecule has 2 aromatic carbocycles. The minimum absolute atomic E-state index is 0.0750. The van der Waals surface area contributed by atoms with Gasteiger partial charge >= 0.3 is 0 Å². The van der Waals surface area contributed by atoms with Crippen LogP contribution in [0.4, 0.5) is 5.69 Å². The molecule has 0 aromatic heterocycles. The molecular weight excluding hydrogens is 319 g/mol. The average molecular weight is 337 g/mol. The van der Waals surface area contributed by atoms with E-state index in [1.165, 1.54) is 5.56 Å². The maximum atomic E-state index is 12.0. The Hall–Kier alpha value is -1.55. The number of carbonyl (C=O) groups excluding carboxylic acids is 1. The van der Waals surface area contributed by atoms with Gasteiger partial charge in [0.1, 0.15) is 0 Å². The third-order valence-corrected chi connectivity index (χ3v) is 3.98. The van der Waals surface area contributed by atoms with Crippen LogP contribution in [0.25, 0.3) is 0 Å². The van der Waals surface area contributed by atoms with Crippen LogP contribution in [-0.2, 0) is 11.2 Å². The SMILES string of the molecule is CN(CCc1ccccc1)CC(=O)Nc1ccc(Cl)c(Cl)c1. The second-order valence-corrected chi connectivity index (χ2v) is 5.96. The van der Waals surface area contributed by atoms with E-state index in [1.807, 2.05) is 30.1 Å². The molecule has 0 fully saturated rings. The third-order valence-electron chi connectivity index (χ3n) is 3.24. The quantitative estimate of drug-likeness (QED) is 0.860. The van der Waals surface area contributed by atoms with Gasteiger partial charge in [-0.05, 0) is 37.2 Å². The fourth-order valence-electron chi connectivity index (χ4n) is 2.06. The first-order valence-corrected chi connectivity index (χ1v) is 7.77. The zero-order chi connectivity index (χ0) is 15.9.